The van der Waals surface area contributed by atoms with Gasteiger partial charge in [0.15, 0.2) is 0 Å². The Balaban J connectivity index is 2.15. The van der Waals surface area contributed by atoms with E-state index in [1.54, 1.807) is 0 Å². The highest BCUT2D eigenvalue weighted by molar-refractivity contribution is 5.88. The lowest BCUT2D eigenvalue weighted by atomic mass is 9.78. The summed E-state index contributed by atoms with van der Waals surface area (Å²) in [4.78, 5) is 12.4. The number of carbonyl (C=O) groups is 1. The molecule has 3 N–H and O–H groups in total. The second kappa shape index (κ2) is 5.87. The van der Waals surface area contributed by atoms with Crippen molar-refractivity contribution in [1.82, 2.24) is 5.32 Å². The standard InChI is InChI=1S/C15H20F2N2O/c16-15(17,10-18)11-19-13(20)14(8-4-5-9-14)12-6-2-1-3-7-12/h1-3,6-7H,4-5,8-11,18H2,(H,19,20). The Morgan fingerprint density at radius 2 is 1.85 bits per heavy atom. The number of halogens is 2. The average Bonchev–Trinajstić information content (AvgIpc) is 2.97. The molecule has 0 unspecified atom stereocenters. The lowest BCUT2D eigenvalue weighted by molar-refractivity contribution is -0.128. The number of hydrogen-bond acceptors (Lipinski definition) is 2. The predicted molar refractivity (Wildman–Crippen MR) is 73.6 cm³/mol. The van der Waals surface area contributed by atoms with Crippen LogP contribution in [0.4, 0.5) is 8.78 Å². The SMILES string of the molecule is NCC(F)(F)CNC(=O)C1(c2ccccc2)CCCC1. The minimum atomic E-state index is -3.05. The Labute approximate surface area is 117 Å². The van der Waals surface area contributed by atoms with Crippen molar-refractivity contribution in [1.29, 1.82) is 0 Å². The van der Waals surface area contributed by atoms with Gasteiger partial charge in [0, 0.05) is 0 Å². The minimum absolute atomic E-state index is 0.311. The number of carbonyl (C=O) groups excluding carboxylic acids is 1. The van der Waals surface area contributed by atoms with Gasteiger partial charge in [0.2, 0.25) is 5.91 Å². The lowest BCUT2D eigenvalue weighted by Crippen LogP contribution is -2.48. The third-order valence-electron chi connectivity index (χ3n) is 4.02. The maximum Gasteiger partial charge on any atom is 0.277 e. The number of alkyl halides is 2. The van der Waals surface area contributed by atoms with Crippen LogP contribution in [0, 0.1) is 0 Å². The highest BCUT2D eigenvalue weighted by Gasteiger charge is 2.43. The molecule has 0 heterocycles. The molecule has 0 radical (unpaired) electrons. The molecule has 5 heteroatoms. The van der Waals surface area contributed by atoms with Crippen LogP contribution in [0.1, 0.15) is 31.2 Å². The van der Waals surface area contributed by atoms with Crippen molar-refractivity contribution in [3.8, 4) is 0 Å². The molecular weight excluding hydrogens is 262 g/mol. The van der Waals surface area contributed by atoms with Gasteiger partial charge in [0.25, 0.3) is 5.92 Å². The number of rotatable bonds is 5. The Kier molecular flexibility index (Phi) is 4.38. The topological polar surface area (TPSA) is 55.1 Å². The molecule has 0 saturated heterocycles. The van der Waals surface area contributed by atoms with Crippen molar-refractivity contribution < 1.29 is 13.6 Å². The number of benzene rings is 1. The molecule has 3 nitrogen and oxygen atoms in total. The van der Waals surface area contributed by atoms with Gasteiger partial charge >= 0.3 is 0 Å². The van der Waals surface area contributed by atoms with E-state index in [4.69, 9.17) is 5.73 Å². The Morgan fingerprint density at radius 3 is 2.40 bits per heavy atom. The first-order chi connectivity index (χ1) is 9.50. The zero-order chi connectivity index (χ0) is 14.6. The third kappa shape index (κ3) is 2.98. The van der Waals surface area contributed by atoms with E-state index >= 15 is 0 Å². The summed E-state index contributed by atoms with van der Waals surface area (Å²) in [5, 5.41) is 2.39. The predicted octanol–water partition coefficient (Wildman–Crippen LogP) is 2.21. The van der Waals surface area contributed by atoms with Crippen LogP contribution >= 0.6 is 0 Å². The van der Waals surface area contributed by atoms with E-state index in [1.165, 1.54) is 0 Å². The fourth-order valence-electron chi connectivity index (χ4n) is 2.83. The summed E-state index contributed by atoms with van der Waals surface area (Å²) in [5.41, 5.74) is 5.24. The summed E-state index contributed by atoms with van der Waals surface area (Å²) in [6, 6.07) is 9.42. The smallest absolute Gasteiger partial charge is 0.277 e. The molecule has 1 saturated carbocycles. The summed E-state index contributed by atoms with van der Waals surface area (Å²) < 4.78 is 26.4. The Hall–Kier alpha value is -1.49. The second-order valence-corrected chi connectivity index (χ2v) is 5.40. The average molecular weight is 282 g/mol. The number of hydrogen-bond donors (Lipinski definition) is 2. The van der Waals surface area contributed by atoms with Crippen LogP contribution in [0.5, 0.6) is 0 Å². The van der Waals surface area contributed by atoms with Gasteiger partial charge in [-0.3, -0.25) is 4.79 Å². The van der Waals surface area contributed by atoms with Crippen molar-refractivity contribution >= 4 is 5.91 Å². The van der Waals surface area contributed by atoms with Crippen molar-refractivity contribution in [2.24, 2.45) is 5.73 Å². The van der Waals surface area contributed by atoms with Gasteiger partial charge in [-0.2, -0.15) is 0 Å². The molecule has 1 aromatic rings. The molecule has 1 aliphatic rings. The molecule has 20 heavy (non-hydrogen) atoms. The number of amides is 1. The van der Waals surface area contributed by atoms with Crippen LogP contribution in [0.3, 0.4) is 0 Å². The van der Waals surface area contributed by atoms with E-state index in [9.17, 15) is 13.6 Å². The van der Waals surface area contributed by atoms with Crippen LogP contribution in [0.2, 0.25) is 0 Å². The third-order valence-corrected chi connectivity index (χ3v) is 4.02. The summed E-state index contributed by atoms with van der Waals surface area (Å²) in [6.45, 7) is -1.46. The molecule has 0 aliphatic heterocycles. The molecule has 1 aliphatic carbocycles. The zero-order valence-corrected chi connectivity index (χ0v) is 11.4. The molecular formula is C15H20F2N2O. The fourth-order valence-corrected chi connectivity index (χ4v) is 2.83. The van der Waals surface area contributed by atoms with Crippen molar-refractivity contribution in [3.63, 3.8) is 0 Å². The first-order valence-electron chi connectivity index (χ1n) is 6.92. The van der Waals surface area contributed by atoms with Crippen molar-refractivity contribution in [2.45, 2.75) is 37.0 Å². The molecule has 0 atom stereocenters. The highest BCUT2D eigenvalue weighted by Crippen LogP contribution is 2.41. The van der Waals surface area contributed by atoms with E-state index in [1.807, 2.05) is 30.3 Å². The Bertz CT molecular complexity index is 456. The number of nitrogens with one attached hydrogen (secondary N) is 1. The van der Waals surface area contributed by atoms with Gasteiger partial charge in [-0.1, -0.05) is 43.2 Å². The van der Waals surface area contributed by atoms with E-state index in [-0.39, 0.29) is 5.91 Å². The molecule has 1 fully saturated rings. The first kappa shape index (κ1) is 14.9. The summed E-state index contributed by atoms with van der Waals surface area (Å²) in [5.74, 6) is -3.36. The van der Waals surface area contributed by atoms with E-state index in [0.717, 1.165) is 18.4 Å². The molecule has 110 valence electrons. The van der Waals surface area contributed by atoms with Crippen molar-refractivity contribution in [2.75, 3.05) is 13.1 Å². The normalized spacial score (nSPS) is 17.9. The monoisotopic (exact) mass is 282 g/mol. The van der Waals surface area contributed by atoms with Crippen LogP contribution in [0.15, 0.2) is 30.3 Å². The van der Waals surface area contributed by atoms with E-state index in [2.05, 4.69) is 5.32 Å². The van der Waals surface area contributed by atoms with Gasteiger partial charge in [-0.05, 0) is 18.4 Å². The largest absolute Gasteiger partial charge is 0.349 e. The fraction of sp³-hybridized carbons (Fsp3) is 0.533. The second-order valence-electron chi connectivity index (χ2n) is 5.40. The van der Waals surface area contributed by atoms with Gasteiger partial charge in [0.1, 0.15) is 0 Å². The van der Waals surface area contributed by atoms with Gasteiger partial charge in [-0.25, -0.2) is 8.78 Å². The lowest BCUT2D eigenvalue weighted by Gasteiger charge is -2.29. The van der Waals surface area contributed by atoms with E-state index in [0.29, 0.717) is 12.8 Å². The van der Waals surface area contributed by atoms with Gasteiger partial charge < -0.3 is 11.1 Å². The van der Waals surface area contributed by atoms with Crippen LogP contribution < -0.4 is 11.1 Å². The summed E-state index contributed by atoms with van der Waals surface area (Å²) >= 11 is 0. The van der Waals surface area contributed by atoms with Gasteiger partial charge in [0.05, 0.1) is 18.5 Å². The van der Waals surface area contributed by atoms with Crippen molar-refractivity contribution in [3.05, 3.63) is 35.9 Å². The van der Waals surface area contributed by atoms with Crippen LogP contribution in [-0.2, 0) is 10.2 Å². The maximum atomic E-state index is 13.2. The van der Waals surface area contributed by atoms with Crippen LogP contribution in [0.25, 0.3) is 0 Å². The molecule has 2 rings (SSSR count). The molecule has 1 aromatic carbocycles. The van der Waals surface area contributed by atoms with Crippen LogP contribution in [-0.4, -0.2) is 24.9 Å². The zero-order valence-electron chi connectivity index (χ0n) is 11.4. The first-order valence-corrected chi connectivity index (χ1v) is 6.92. The Morgan fingerprint density at radius 1 is 1.25 bits per heavy atom. The highest BCUT2D eigenvalue weighted by atomic mass is 19.3. The molecule has 1 amide bonds. The summed E-state index contributed by atoms with van der Waals surface area (Å²) in [6.07, 6.45) is 3.29. The molecule has 0 spiro atoms. The maximum absolute atomic E-state index is 13.2. The van der Waals surface area contributed by atoms with Gasteiger partial charge in [-0.15, -0.1) is 0 Å². The van der Waals surface area contributed by atoms with E-state index < -0.39 is 24.4 Å². The quantitative estimate of drug-likeness (QED) is 0.870. The minimum Gasteiger partial charge on any atom is -0.349 e. The summed E-state index contributed by atoms with van der Waals surface area (Å²) in [7, 11) is 0. The molecule has 0 bridgehead atoms. The molecule has 0 aromatic heterocycles. The number of nitrogens with two attached hydrogens (primary N) is 1.